The van der Waals surface area contributed by atoms with Gasteiger partial charge in [0.25, 0.3) is 0 Å². The standard InChI is InChI=1S/C31H54N2O6/c1-21(2)25(15-23-10-11-29(37-6)30(16-23)39-14-8-12-36-5)17-27(32)28(34)18-26(22(3)4)31(35)33-19-24-9-7-13-38-20-24/h10-11,16,21-22,24-28,34H,7-9,12-15,17-20,32H2,1-6H3,(H,33,35)/t24-,25?,26?,27?,28?/m1/s1. The summed E-state index contributed by atoms with van der Waals surface area (Å²) in [4.78, 5) is 13.0. The average molecular weight is 551 g/mol. The fourth-order valence-electron chi connectivity index (χ4n) is 5.21. The molecule has 39 heavy (non-hydrogen) atoms. The Labute approximate surface area is 236 Å². The number of hydrogen-bond donors (Lipinski definition) is 3. The lowest BCUT2D eigenvalue weighted by Crippen LogP contribution is -2.44. The van der Waals surface area contributed by atoms with E-state index in [4.69, 9.17) is 24.7 Å². The maximum Gasteiger partial charge on any atom is 0.223 e. The van der Waals surface area contributed by atoms with Crippen molar-refractivity contribution in [2.75, 3.05) is 47.2 Å². The van der Waals surface area contributed by atoms with Crippen molar-refractivity contribution in [2.45, 2.75) is 78.4 Å². The smallest absolute Gasteiger partial charge is 0.223 e. The zero-order valence-electron chi connectivity index (χ0n) is 25.1. The second kappa shape index (κ2) is 17.7. The quantitative estimate of drug-likeness (QED) is 0.235. The van der Waals surface area contributed by atoms with Gasteiger partial charge in [-0.05, 0) is 73.5 Å². The molecule has 1 aliphatic rings. The van der Waals surface area contributed by atoms with Crippen molar-refractivity contribution in [1.29, 1.82) is 0 Å². The zero-order valence-corrected chi connectivity index (χ0v) is 25.1. The second-order valence-corrected chi connectivity index (χ2v) is 11.8. The van der Waals surface area contributed by atoms with Crippen LogP contribution in [0.4, 0.5) is 0 Å². The summed E-state index contributed by atoms with van der Waals surface area (Å²) in [6.45, 7) is 11.8. The first-order valence-corrected chi connectivity index (χ1v) is 14.7. The molecule has 1 heterocycles. The molecular formula is C31H54N2O6. The highest BCUT2D eigenvalue weighted by atomic mass is 16.5. The van der Waals surface area contributed by atoms with Crippen molar-refractivity contribution in [1.82, 2.24) is 5.32 Å². The number of ether oxygens (including phenoxy) is 4. The summed E-state index contributed by atoms with van der Waals surface area (Å²) in [5.74, 6) is 2.26. The molecular weight excluding hydrogens is 496 g/mol. The normalized spacial score (nSPS) is 19.0. The summed E-state index contributed by atoms with van der Waals surface area (Å²) in [7, 11) is 3.32. The number of benzene rings is 1. The van der Waals surface area contributed by atoms with Crippen molar-refractivity contribution < 1.29 is 28.8 Å². The van der Waals surface area contributed by atoms with Gasteiger partial charge in [-0.25, -0.2) is 0 Å². The van der Waals surface area contributed by atoms with E-state index in [0.717, 1.165) is 43.6 Å². The molecule has 1 saturated heterocycles. The Morgan fingerprint density at radius 2 is 1.90 bits per heavy atom. The summed E-state index contributed by atoms with van der Waals surface area (Å²) in [5.41, 5.74) is 7.71. The van der Waals surface area contributed by atoms with Crippen LogP contribution in [-0.2, 0) is 20.7 Å². The molecule has 0 aromatic heterocycles. The highest BCUT2D eigenvalue weighted by Crippen LogP contribution is 2.32. The lowest BCUT2D eigenvalue weighted by molar-refractivity contribution is -0.128. The van der Waals surface area contributed by atoms with E-state index in [9.17, 15) is 9.90 Å². The second-order valence-electron chi connectivity index (χ2n) is 11.8. The Morgan fingerprint density at radius 3 is 2.51 bits per heavy atom. The molecule has 1 fully saturated rings. The van der Waals surface area contributed by atoms with Gasteiger partial charge in [0.05, 0.1) is 26.4 Å². The molecule has 1 aromatic carbocycles. The highest BCUT2D eigenvalue weighted by molar-refractivity contribution is 5.78. The average Bonchev–Trinajstić information content (AvgIpc) is 2.92. The van der Waals surface area contributed by atoms with E-state index in [1.807, 2.05) is 26.0 Å². The van der Waals surface area contributed by atoms with Crippen molar-refractivity contribution in [3.05, 3.63) is 23.8 Å². The summed E-state index contributed by atoms with van der Waals surface area (Å²) in [6.07, 6.45) is 4.01. The van der Waals surface area contributed by atoms with Gasteiger partial charge in [-0.2, -0.15) is 0 Å². The van der Waals surface area contributed by atoms with Crippen LogP contribution in [0.3, 0.4) is 0 Å². The molecule has 224 valence electrons. The van der Waals surface area contributed by atoms with Gasteiger partial charge in [-0.1, -0.05) is 33.8 Å². The predicted molar refractivity (Wildman–Crippen MR) is 155 cm³/mol. The van der Waals surface area contributed by atoms with E-state index >= 15 is 0 Å². The number of nitrogens with two attached hydrogens (primary N) is 1. The van der Waals surface area contributed by atoms with E-state index in [-0.39, 0.29) is 23.7 Å². The molecule has 4 N–H and O–H groups in total. The SMILES string of the molecule is COCCCOc1cc(CC(CC(N)C(O)CC(C(=O)NC[C@H]2CCCOC2)C(C)C)C(C)C)ccc1OC. The van der Waals surface area contributed by atoms with Gasteiger partial charge in [-0.3, -0.25) is 4.79 Å². The van der Waals surface area contributed by atoms with E-state index < -0.39 is 12.1 Å². The largest absolute Gasteiger partial charge is 0.493 e. The molecule has 0 radical (unpaired) electrons. The Bertz CT molecular complexity index is 827. The van der Waals surface area contributed by atoms with E-state index in [2.05, 4.69) is 25.2 Å². The minimum Gasteiger partial charge on any atom is -0.493 e. The van der Waals surface area contributed by atoms with Crippen LogP contribution >= 0.6 is 0 Å². The van der Waals surface area contributed by atoms with Crippen LogP contribution in [0, 0.1) is 29.6 Å². The number of methoxy groups -OCH3 is 2. The Balaban J connectivity index is 1.97. The molecule has 0 spiro atoms. The predicted octanol–water partition coefficient (Wildman–Crippen LogP) is 4.21. The Hall–Kier alpha value is -1.87. The van der Waals surface area contributed by atoms with Crippen molar-refractivity contribution in [2.24, 2.45) is 35.3 Å². The van der Waals surface area contributed by atoms with Gasteiger partial charge >= 0.3 is 0 Å². The fourth-order valence-corrected chi connectivity index (χ4v) is 5.21. The molecule has 0 saturated carbocycles. The first-order chi connectivity index (χ1) is 18.7. The molecule has 1 aliphatic heterocycles. The minimum atomic E-state index is -0.752. The van der Waals surface area contributed by atoms with Gasteiger partial charge in [-0.15, -0.1) is 0 Å². The molecule has 1 amide bonds. The molecule has 8 nitrogen and oxygen atoms in total. The fraction of sp³-hybridized carbons (Fsp3) is 0.774. The van der Waals surface area contributed by atoms with Crippen molar-refractivity contribution in [3.8, 4) is 11.5 Å². The van der Waals surface area contributed by atoms with E-state index in [0.29, 0.717) is 56.8 Å². The number of aliphatic hydroxyl groups excluding tert-OH is 1. The van der Waals surface area contributed by atoms with Crippen LogP contribution in [0.1, 0.15) is 65.4 Å². The number of hydrogen-bond acceptors (Lipinski definition) is 7. The molecule has 4 unspecified atom stereocenters. The Morgan fingerprint density at radius 1 is 1.13 bits per heavy atom. The lowest BCUT2D eigenvalue weighted by atomic mass is 9.80. The highest BCUT2D eigenvalue weighted by Gasteiger charge is 2.30. The first-order valence-electron chi connectivity index (χ1n) is 14.7. The van der Waals surface area contributed by atoms with Gasteiger partial charge in [0.15, 0.2) is 11.5 Å². The lowest BCUT2D eigenvalue weighted by Gasteiger charge is -2.30. The Kier molecular flexibility index (Phi) is 15.2. The van der Waals surface area contributed by atoms with Crippen molar-refractivity contribution in [3.63, 3.8) is 0 Å². The molecule has 1 aromatic rings. The van der Waals surface area contributed by atoms with Crippen LogP contribution in [-0.4, -0.2) is 70.4 Å². The first kappa shape index (κ1) is 33.3. The maximum atomic E-state index is 13.0. The summed E-state index contributed by atoms with van der Waals surface area (Å²) in [6, 6.07) is 5.63. The molecule has 8 heteroatoms. The topological polar surface area (TPSA) is 112 Å². The number of amides is 1. The van der Waals surface area contributed by atoms with Crippen molar-refractivity contribution >= 4 is 5.91 Å². The van der Waals surface area contributed by atoms with Crippen LogP contribution in [0.15, 0.2) is 18.2 Å². The number of carbonyl (C=O) groups excluding carboxylic acids is 1. The van der Waals surface area contributed by atoms with Gasteiger partial charge in [0.1, 0.15) is 0 Å². The molecule has 2 rings (SSSR count). The summed E-state index contributed by atoms with van der Waals surface area (Å²) in [5, 5.41) is 14.2. The molecule has 0 aliphatic carbocycles. The number of nitrogens with one attached hydrogen (secondary N) is 1. The van der Waals surface area contributed by atoms with Crippen LogP contribution in [0.5, 0.6) is 11.5 Å². The third-order valence-corrected chi connectivity index (χ3v) is 7.94. The summed E-state index contributed by atoms with van der Waals surface area (Å²) < 4.78 is 22.1. The minimum absolute atomic E-state index is 0.00139. The van der Waals surface area contributed by atoms with Crippen LogP contribution in [0.2, 0.25) is 0 Å². The number of carbonyl (C=O) groups is 1. The monoisotopic (exact) mass is 550 g/mol. The maximum absolute atomic E-state index is 13.0. The zero-order chi connectivity index (χ0) is 28.8. The van der Waals surface area contributed by atoms with Crippen LogP contribution < -0.4 is 20.5 Å². The summed E-state index contributed by atoms with van der Waals surface area (Å²) >= 11 is 0. The van der Waals surface area contributed by atoms with E-state index in [1.54, 1.807) is 14.2 Å². The van der Waals surface area contributed by atoms with Gasteiger partial charge in [0, 0.05) is 45.2 Å². The van der Waals surface area contributed by atoms with E-state index in [1.165, 1.54) is 0 Å². The number of aliphatic hydroxyl groups is 1. The van der Waals surface area contributed by atoms with Gasteiger partial charge in [0.2, 0.25) is 5.91 Å². The van der Waals surface area contributed by atoms with Gasteiger partial charge < -0.3 is 35.1 Å². The van der Waals surface area contributed by atoms with Crippen LogP contribution in [0.25, 0.3) is 0 Å². The third-order valence-electron chi connectivity index (χ3n) is 7.94. The molecule has 0 bridgehead atoms. The molecule has 5 atom stereocenters. The number of rotatable bonds is 18. The third kappa shape index (κ3) is 11.6.